The first-order valence-corrected chi connectivity index (χ1v) is 4.28. The average Bonchev–Trinajstić information content (AvgIpc) is 2.13. The molecule has 1 atom stereocenters. The van der Waals surface area contributed by atoms with Gasteiger partial charge in [0, 0.05) is 13.1 Å². The third kappa shape index (κ3) is 2.64. The van der Waals surface area contributed by atoms with Crippen molar-refractivity contribution in [3.63, 3.8) is 0 Å². The molecule has 0 saturated carbocycles. The van der Waals surface area contributed by atoms with Crippen LogP contribution in [-0.4, -0.2) is 24.3 Å². The Kier molecular flexibility index (Phi) is 3.09. The van der Waals surface area contributed by atoms with Crippen molar-refractivity contribution in [3.8, 4) is 0 Å². The highest BCUT2D eigenvalue weighted by molar-refractivity contribution is 5.09. The summed E-state index contributed by atoms with van der Waals surface area (Å²) in [4.78, 5) is 0. The minimum absolute atomic E-state index is 0.189. The van der Waals surface area contributed by atoms with Gasteiger partial charge in [0.15, 0.2) is 0 Å². The van der Waals surface area contributed by atoms with Gasteiger partial charge in [0.25, 0.3) is 0 Å². The van der Waals surface area contributed by atoms with E-state index in [9.17, 15) is 5.11 Å². The highest BCUT2D eigenvalue weighted by Crippen LogP contribution is 2.16. The number of β-amino-alcohol motifs (C(OH)–C–C–N with tert-alkyl or cyclic N) is 1. The predicted octanol–water partition coefficient (Wildman–Crippen LogP) is 0.923. The van der Waals surface area contributed by atoms with Gasteiger partial charge in [-0.25, -0.2) is 0 Å². The number of aliphatic hydroxyl groups excluding tert-OH is 1. The van der Waals surface area contributed by atoms with Gasteiger partial charge in [-0.15, -0.1) is 0 Å². The number of aliphatic hydroxyl groups is 1. The Bertz CT molecular complexity index is 152. The fraction of sp³-hybridized carbons (Fsp3) is 0.778. The summed E-state index contributed by atoms with van der Waals surface area (Å²) in [6.45, 7) is 5.98. The van der Waals surface area contributed by atoms with Gasteiger partial charge < -0.3 is 10.4 Å². The summed E-state index contributed by atoms with van der Waals surface area (Å²) in [5.41, 5.74) is 1.38. The van der Waals surface area contributed by atoms with Gasteiger partial charge >= 0.3 is 0 Å². The Morgan fingerprint density at radius 2 is 2.36 bits per heavy atom. The molecule has 1 aliphatic rings. The summed E-state index contributed by atoms with van der Waals surface area (Å²) in [5, 5.41) is 12.6. The quantitative estimate of drug-likeness (QED) is 0.552. The van der Waals surface area contributed by atoms with Crippen LogP contribution in [0.4, 0.5) is 0 Å². The number of hydrogen-bond donors (Lipinski definition) is 2. The zero-order valence-electron chi connectivity index (χ0n) is 7.30. The van der Waals surface area contributed by atoms with Crippen molar-refractivity contribution < 1.29 is 5.11 Å². The molecule has 0 radical (unpaired) electrons. The Labute approximate surface area is 68.3 Å². The topological polar surface area (TPSA) is 32.3 Å². The van der Waals surface area contributed by atoms with Crippen LogP contribution in [0.5, 0.6) is 0 Å². The molecule has 0 aromatic heterocycles. The molecule has 2 N–H and O–H groups in total. The molecule has 0 aliphatic carbocycles. The molecular formula is C9H17NO. The second kappa shape index (κ2) is 3.88. The van der Waals surface area contributed by atoms with Crippen LogP contribution < -0.4 is 5.32 Å². The van der Waals surface area contributed by atoms with E-state index in [1.165, 1.54) is 5.57 Å². The Morgan fingerprint density at radius 3 is 3.00 bits per heavy atom. The van der Waals surface area contributed by atoms with Crippen molar-refractivity contribution in [1.29, 1.82) is 0 Å². The highest BCUT2D eigenvalue weighted by atomic mass is 16.3. The van der Waals surface area contributed by atoms with E-state index in [1.807, 2.05) is 0 Å². The van der Waals surface area contributed by atoms with E-state index in [4.69, 9.17) is 0 Å². The first kappa shape index (κ1) is 8.75. The number of nitrogens with one attached hydrogen (secondary N) is 1. The maximum absolute atomic E-state index is 9.41. The Balaban J connectivity index is 2.54. The van der Waals surface area contributed by atoms with Crippen LogP contribution in [0, 0.1) is 5.92 Å². The van der Waals surface area contributed by atoms with Crippen molar-refractivity contribution >= 4 is 0 Å². The third-order valence-corrected chi connectivity index (χ3v) is 2.10. The smallest absolute Gasteiger partial charge is 0.0701 e. The largest absolute Gasteiger partial charge is 0.391 e. The lowest BCUT2D eigenvalue weighted by molar-refractivity contribution is 0.173. The van der Waals surface area contributed by atoms with Gasteiger partial charge in [0.05, 0.1) is 6.10 Å². The summed E-state index contributed by atoms with van der Waals surface area (Å²) < 4.78 is 0. The van der Waals surface area contributed by atoms with Gasteiger partial charge in [0.1, 0.15) is 0 Å². The summed E-state index contributed by atoms with van der Waals surface area (Å²) in [7, 11) is 0. The van der Waals surface area contributed by atoms with Crippen LogP contribution in [0.3, 0.4) is 0 Å². The molecule has 2 heteroatoms. The van der Waals surface area contributed by atoms with Gasteiger partial charge in [-0.2, -0.15) is 0 Å². The Morgan fingerprint density at radius 1 is 1.64 bits per heavy atom. The highest BCUT2D eigenvalue weighted by Gasteiger charge is 2.12. The fourth-order valence-electron chi connectivity index (χ4n) is 1.35. The number of hydrogen-bond acceptors (Lipinski definition) is 2. The lowest BCUT2D eigenvalue weighted by Crippen LogP contribution is -2.24. The van der Waals surface area contributed by atoms with Crippen LogP contribution in [0.1, 0.15) is 20.3 Å². The van der Waals surface area contributed by atoms with Gasteiger partial charge in [-0.05, 0) is 12.3 Å². The lowest BCUT2D eigenvalue weighted by atomic mass is 9.98. The molecule has 0 amide bonds. The van der Waals surface area contributed by atoms with Crippen LogP contribution in [0.15, 0.2) is 11.6 Å². The average molecular weight is 155 g/mol. The first-order chi connectivity index (χ1) is 5.20. The minimum Gasteiger partial charge on any atom is -0.391 e. The van der Waals surface area contributed by atoms with Crippen LogP contribution in [-0.2, 0) is 0 Å². The molecular weight excluding hydrogens is 138 g/mol. The third-order valence-electron chi connectivity index (χ3n) is 2.10. The summed E-state index contributed by atoms with van der Waals surface area (Å²) in [6, 6.07) is 0. The summed E-state index contributed by atoms with van der Waals surface area (Å²) in [5.74, 6) is 0.574. The molecule has 0 saturated heterocycles. The van der Waals surface area contributed by atoms with E-state index in [0.717, 1.165) is 19.5 Å². The summed E-state index contributed by atoms with van der Waals surface area (Å²) in [6.07, 6.45) is 2.84. The molecule has 11 heavy (non-hydrogen) atoms. The fourth-order valence-corrected chi connectivity index (χ4v) is 1.35. The van der Waals surface area contributed by atoms with Crippen LogP contribution >= 0.6 is 0 Å². The molecule has 0 aromatic rings. The van der Waals surface area contributed by atoms with Gasteiger partial charge in [0.2, 0.25) is 0 Å². The molecule has 2 nitrogen and oxygen atoms in total. The maximum atomic E-state index is 9.41. The molecule has 0 spiro atoms. The SMILES string of the molecule is CC(C)C1=CCNC[C@@H](O)C1. The second-order valence-corrected chi connectivity index (χ2v) is 3.45. The van der Waals surface area contributed by atoms with Crippen molar-refractivity contribution in [2.45, 2.75) is 26.4 Å². The molecule has 0 aromatic carbocycles. The molecule has 64 valence electrons. The second-order valence-electron chi connectivity index (χ2n) is 3.45. The minimum atomic E-state index is -0.189. The van der Waals surface area contributed by atoms with E-state index in [0.29, 0.717) is 5.92 Å². The van der Waals surface area contributed by atoms with E-state index in [-0.39, 0.29) is 6.10 Å². The van der Waals surface area contributed by atoms with Gasteiger partial charge in [-0.1, -0.05) is 25.5 Å². The van der Waals surface area contributed by atoms with Crippen molar-refractivity contribution in [3.05, 3.63) is 11.6 Å². The van der Waals surface area contributed by atoms with E-state index < -0.39 is 0 Å². The van der Waals surface area contributed by atoms with E-state index in [1.54, 1.807) is 0 Å². The van der Waals surface area contributed by atoms with E-state index in [2.05, 4.69) is 25.2 Å². The predicted molar refractivity (Wildman–Crippen MR) is 46.4 cm³/mol. The zero-order chi connectivity index (χ0) is 8.27. The molecule has 1 aliphatic heterocycles. The summed E-state index contributed by atoms with van der Waals surface area (Å²) >= 11 is 0. The lowest BCUT2D eigenvalue weighted by Gasteiger charge is -2.12. The molecule has 1 rings (SSSR count). The Hall–Kier alpha value is -0.340. The monoisotopic (exact) mass is 155 g/mol. The van der Waals surface area contributed by atoms with Crippen LogP contribution in [0.2, 0.25) is 0 Å². The molecule has 1 heterocycles. The first-order valence-electron chi connectivity index (χ1n) is 4.28. The van der Waals surface area contributed by atoms with E-state index >= 15 is 0 Å². The molecule has 0 unspecified atom stereocenters. The zero-order valence-corrected chi connectivity index (χ0v) is 7.30. The number of rotatable bonds is 1. The van der Waals surface area contributed by atoms with Gasteiger partial charge in [-0.3, -0.25) is 0 Å². The van der Waals surface area contributed by atoms with Crippen LogP contribution in [0.25, 0.3) is 0 Å². The standard InChI is InChI=1S/C9H17NO/c1-7(2)8-3-4-10-6-9(11)5-8/h3,7,9-11H,4-6H2,1-2H3/t9-/m0/s1. The van der Waals surface area contributed by atoms with Crippen molar-refractivity contribution in [2.24, 2.45) is 5.92 Å². The maximum Gasteiger partial charge on any atom is 0.0701 e. The normalized spacial score (nSPS) is 26.5. The molecule has 0 bridgehead atoms. The molecule has 0 fully saturated rings. The van der Waals surface area contributed by atoms with Crippen molar-refractivity contribution in [1.82, 2.24) is 5.32 Å². The van der Waals surface area contributed by atoms with Crippen molar-refractivity contribution in [2.75, 3.05) is 13.1 Å².